The van der Waals surface area contributed by atoms with Crippen LogP contribution < -0.4 is 0 Å². The Kier molecular flexibility index (Phi) is 3.95. The SMILES string of the molecule is O=C(O)C1CCCN(C(=O)c2ccc(C3CCC3)cc2)C1. The van der Waals surface area contributed by atoms with Crippen molar-refractivity contribution in [3.05, 3.63) is 35.4 Å². The lowest BCUT2D eigenvalue weighted by Crippen LogP contribution is -2.42. The summed E-state index contributed by atoms with van der Waals surface area (Å²) in [4.78, 5) is 25.2. The van der Waals surface area contributed by atoms with Gasteiger partial charge in [-0.1, -0.05) is 18.6 Å². The molecule has 21 heavy (non-hydrogen) atoms. The zero-order valence-electron chi connectivity index (χ0n) is 12.1. The Bertz CT molecular complexity index is 533. The van der Waals surface area contributed by atoms with Gasteiger partial charge in [0, 0.05) is 18.7 Å². The molecule has 4 nitrogen and oxygen atoms in total. The van der Waals surface area contributed by atoms with Crippen molar-refractivity contribution in [2.75, 3.05) is 13.1 Å². The number of hydrogen-bond acceptors (Lipinski definition) is 2. The first kappa shape index (κ1) is 14.1. The van der Waals surface area contributed by atoms with Gasteiger partial charge in [-0.05, 0) is 49.3 Å². The molecule has 0 aromatic heterocycles. The third-order valence-corrected chi connectivity index (χ3v) is 4.79. The van der Waals surface area contributed by atoms with E-state index in [1.54, 1.807) is 4.90 Å². The van der Waals surface area contributed by atoms with Crippen LogP contribution in [0.1, 0.15) is 53.9 Å². The third-order valence-electron chi connectivity index (χ3n) is 4.79. The molecule has 1 atom stereocenters. The van der Waals surface area contributed by atoms with Crippen molar-refractivity contribution < 1.29 is 14.7 Å². The standard InChI is InChI=1S/C17H21NO3/c19-16(18-10-2-5-15(11-18)17(20)21)14-8-6-13(7-9-14)12-3-1-4-12/h6-9,12,15H,1-5,10-11H2,(H,20,21). The number of aliphatic carboxylic acids is 1. The number of carboxylic acid groups (broad SMARTS) is 1. The van der Waals surface area contributed by atoms with Crippen molar-refractivity contribution in [1.82, 2.24) is 4.90 Å². The van der Waals surface area contributed by atoms with Crippen LogP contribution in [-0.4, -0.2) is 35.0 Å². The minimum atomic E-state index is -0.798. The highest BCUT2D eigenvalue weighted by atomic mass is 16.4. The van der Waals surface area contributed by atoms with E-state index in [1.807, 2.05) is 12.1 Å². The highest BCUT2D eigenvalue weighted by molar-refractivity contribution is 5.94. The highest BCUT2D eigenvalue weighted by Crippen LogP contribution is 2.36. The van der Waals surface area contributed by atoms with E-state index in [1.165, 1.54) is 24.8 Å². The van der Waals surface area contributed by atoms with Gasteiger partial charge in [0.25, 0.3) is 5.91 Å². The van der Waals surface area contributed by atoms with Gasteiger partial charge in [0.05, 0.1) is 5.92 Å². The van der Waals surface area contributed by atoms with E-state index in [2.05, 4.69) is 12.1 Å². The summed E-state index contributed by atoms with van der Waals surface area (Å²) in [5, 5.41) is 9.10. The summed E-state index contributed by atoms with van der Waals surface area (Å²) in [5.74, 6) is -0.591. The smallest absolute Gasteiger partial charge is 0.308 e. The zero-order chi connectivity index (χ0) is 14.8. The average molecular weight is 287 g/mol. The summed E-state index contributed by atoms with van der Waals surface area (Å²) in [6.45, 7) is 0.992. The molecule has 1 aliphatic heterocycles. The molecule has 1 aromatic carbocycles. The molecule has 1 saturated carbocycles. The molecule has 1 aliphatic carbocycles. The van der Waals surface area contributed by atoms with Crippen LogP contribution in [0.5, 0.6) is 0 Å². The fourth-order valence-corrected chi connectivity index (χ4v) is 3.19. The lowest BCUT2D eigenvalue weighted by molar-refractivity contribution is -0.143. The number of nitrogens with zero attached hydrogens (tertiary/aromatic N) is 1. The average Bonchev–Trinajstić information content (AvgIpc) is 2.46. The molecule has 112 valence electrons. The number of benzene rings is 1. The normalized spacial score (nSPS) is 22.7. The summed E-state index contributed by atoms with van der Waals surface area (Å²) < 4.78 is 0. The van der Waals surface area contributed by atoms with E-state index in [0.29, 0.717) is 31.0 Å². The topological polar surface area (TPSA) is 57.6 Å². The fraction of sp³-hybridized carbons (Fsp3) is 0.529. The van der Waals surface area contributed by atoms with Crippen molar-refractivity contribution in [3.63, 3.8) is 0 Å². The molecule has 1 N–H and O–H groups in total. The lowest BCUT2D eigenvalue weighted by Gasteiger charge is -2.31. The summed E-state index contributed by atoms with van der Waals surface area (Å²) >= 11 is 0. The fourth-order valence-electron chi connectivity index (χ4n) is 3.19. The molecule has 1 unspecified atom stereocenters. The molecule has 0 spiro atoms. The number of hydrogen-bond donors (Lipinski definition) is 1. The van der Waals surface area contributed by atoms with Gasteiger partial charge in [0.1, 0.15) is 0 Å². The lowest BCUT2D eigenvalue weighted by atomic mass is 9.80. The van der Waals surface area contributed by atoms with Crippen LogP contribution in [0.25, 0.3) is 0 Å². The molecule has 3 rings (SSSR count). The molecule has 4 heteroatoms. The van der Waals surface area contributed by atoms with Crippen molar-refractivity contribution in [2.24, 2.45) is 5.92 Å². The number of carbonyl (C=O) groups is 2. The first-order valence-electron chi connectivity index (χ1n) is 7.77. The van der Waals surface area contributed by atoms with Gasteiger partial charge in [0.15, 0.2) is 0 Å². The van der Waals surface area contributed by atoms with Crippen molar-refractivity contribution in [2.45, 2.75) is 38.0 Å². The van der Waals surface area contributed by atoms with Crippen LogP contribution in [0.15, 0.2) is 24.3 Å². The quantitative estimate of drug-likeness (QED) is 0.930. The summed E-state index contributed by atoms with van der Waals surface area (Å²) in [6.07, 6.45) is 5.23. The highest BCUT2D eigenvalue weighted by Gasteiger charge is 2.28. The van der Waals surface area contributed by atoms with E-state index in [4.69, 9.17) is 5.11 Å². The van der Waals surface area contributed by atoms with Crippen LogP contribution in [0.2, 0.25) is 0 Å². The Balaban J connectivity index is 1.67. The second kappa shape index (κ2) is 5.88. The van der Waals surface area contributed by atoms with E-state index in [-0.39, 0.29) is 5.91 Å². The molecule has 1 heterocycles. The molecule has 0 bridgehead atoms. The Morgan fingerprint density at radius 2 is 1.76 bits per heavy atom. The number of carbonyl (C=O) groups excluding carboxylic acids is 1. The molecule has 2 fully saturated rings. The maximum absolute atomic E-state index is 12.5. The molecular formula is C17H21NO3. The number of carboxylic acids is 1. The van der Waals surface area contributed by atoms with Crippen LogP contribution in [-0.2, 0) is 4.79 Å². The first-order chi connectivity index (χ1) is 10.1. The minimum Gasteiger partial charge on any atom is -0.481 e. The van der Waals surface area contributed by atoms with Crippen molar-refractivity contribution >= 4 is 11.9 Å². The Labute approximate surface area is 124 Å². The number of rotatable bonds is 3. The number of likely N-dealkylation sites (tertiary alicyclic amines) is 1. The second-order valence-electron chi connectivity index (χ2n) is 6.18. The van der Waals surface area contributed by atoms with Gasteiger partial charge in [0.2, 0.25) is 0 Å². The Morgan fingerprint density at radius 1 is 1.05 bits per heavy atom. The van der Waals surface area contributed by atoms with Crippen LogP contribution in [0, 0.1) is 5.92 Å². The minimum absolute atomic E-state index is 0.0406. The first-order valence-corrected chi connectivity index (χ1v) is 7.77. The maximum Gasteiger partial charge on any atom is 0.308 e. The molecular weight excluding hydrogens is 266 g/mol. The van der Waals surface area contributed by atoms with Gasteiger partial charge in [-0.2, -0.15) is 0 Å². The zero-order valence-corrected chi connectivity index (χ0v) is 12.1. The van der Waals surface area contributed by atoms with Gasteiger partial charge >= 0.3 is 5.97 Å². The third kappa shape index (κ3) is 2.94. The van der Waals surface area contributed by atoms with Gasteiger partial charge in [-0.15, -0.1) is 0 Å². The summed E-state index contributed by atoms with van der Waals surface area (Å²) in [6, 6.07) is 7.88. The van der Waals surface area contributed by atoms with E-state index < -0.39 is 11.9 Å². The Morgan fingerprint density at radius 3 is 2.33 bits per heavy atom. The molecule has 2 aliphatic rings. The maximum atomic E-state index is 12.5. The van der Waals surface area contributed by atoms with E-state index in [0.717, 1.165) is 6.42 Å². The van der Waals surface area contributed by atoms with E-state index >= 15 is 0 Å². The summed E-state index contributed by atoms with van der Waals surface area (Å²) in [7, 11) is 0. The van der Waals surface area contributed by atoms with Crippen molar-refractivity contribution in [1.29, 1.82) is 0 Å². The van der Waals surface area contributed by atoms with Gasteiger partial charge in [-0.25, -0.2) is 0 Å². The van der Waals surface area contributed by atoms with Crippen LogP contribution >= 0.6 is 0 Å². The molecule has 1 saturated heterocycles. The predicted octanol–water partition coefficient (Wildman–Crippen LogP) is 2.89. The summed E-state index contributed by atoms with van der Waals surface area (Å²) in [5.41, 5.74) is 1.99. The van der Waals surface area contributed by atoms with Crippen LogP contribution in [0.4, 0.5) is 0 Å². The monoisotopic (exact) mass is 287 g/mol. The predicted molar refractivity (Wildman–Crippen MR) is 79.3 cm³/mol. The largest absolute Gasteiger partial charge is 0.481 e. The molecule has 1 aromatic rings. The second-order valence-corrected chi connectivity index (χ2v) is 6.18. The van der Waals surface area contributed by atoms with Crippen molar-refractivity contribution in [3.8, 4) is 0 Å². The molecule has 1 amide bonds. The number of amides is 1. The van der Waals surface area contributed by atoms with Gasteiger partial charge in [-0.3, -0.25) is 9.59 Å². The van der Waals surface area contributed by atoms with Gasteiger partial charge < -0.3 is 10.0 Å². The van der Waals surface area contributed by atoms with E-state index in [9.17, 15) is 9.59 Å². The molecule has 0 radical (unpaired) electrons. The van der Waals surface area contributed by atoms with Crippen LogP contribution in [0.3, 0.4) is 0 Å². The number of piperidine rings is 1. The Hall–Kier alpha value is -1.84.